The number of anilines is 1. The predicted molar refractivity (Wildman–Crippen MR) is 126 cm³/mol. The fourth-order valence-electron chi connectivity index (χ4n) is 4.28. The number of fused-ring (bicyclic) bond motifs is 1. The number of hydrogen-bond acceptors (Lipinski definition) is 5. The zero-order chi connectivity index (χ0) is 23.5. The van der Waals surface area contributed by atoms with Crippen molar-refractivity contribution in [3.05, 3.63) is 54.1 Å². The standard InChI is InChI=1S/C24H32N2O5S/c1-6-24(7-2)16-21(20-13-8-9-14-22(20)31-24)25-23(27)17(3)26(32(5,28)29)18-11-10-12-19(15-18)30-4/h8-15,17,21H,6-7,16H2,1-5H3,(H,25,27). The third-order valence-electron chi connectivity index (χ3n) is 6.20. The molecule has 2 aromatic carbocycles. The minimum absolute atomic E-state index is 0.276. The second-order valence-corrected chi connectivity index (χ2v) is 10.1. The molecule has 0 spiro atoms. The van der Waals surface area contributed by atoms with E-state index in [1.54, 1.807) is 31.2 Å². The van der Waals surface area contributed by atoms with Crippen LogP contribution in [0.5, 0.6) is 11.5 Å². The van der Waals surface area contributed by atoms with Gasteiger partial charge in [0.05, 0.1) is 25.1 Å². The van der Waals surface area contributed by atoms with Crippen LogP contribution in [-0.2, 0) is 14.8 Å². The Balaban J connectivity index is 1.92. The van der Waals surface area contributed by atoms with Crippen molar-refractivity contribution >= 4 is 21.6 Å². The van der Waals surface area contributed by atoms with Gasteiger partial charge < -0.3 is 14.8 Å². The molecule has 1 aliphatic heterocycles. The average Bonchev–Trinajstić information content (AvgIpc) is 2.78. The first-order chi connectivity index (χ1) is 15.1. The number of methoxy groups -OCH3 is 1. The highest BCUT2D eigenvalue weighted by Gasteiger charge is 2.40. The highest BCUT2D eigenvalue weighted by Crippen LogP contribution is 2.42. The van der Waals surface area contributed by atoms with E-state index in [1.165, 1.54) is 7.11 Å². The van der Waals surface area contributed by atoms with Gasteiger partial charge in [0.1, 0.15) is 23.1 Å². The van der Waals surface area contributed by atoms with Gasteiger partial charge in [-0.3, -0.25) is 9.10 Å². The molecule has 0 saturated heterocycles. The molecule has 2 atom stereocenters. The van der Waals surface area contributed by atoms with Crippen LogP contribution in [0, 0.1) is 0 Å². The molecule has 1 heterocycles. The molecule has 0 radical (unpaired) electrons. The summed E-state index contributed by atoms with van der Waals surface area (Å²) in [6, 6.07) is 13.1. The van der Waals surface area contributed by atoms with Crippen LogP contribution in [0.3, 0.4) is 0 Å². The van der Waals surface area contributed by atoms with E-state index in [1.807, 2.05) is 24.3 Å². The highest BCUT2D eigenvalue weighted by molar-refractivity contribution is 7.92. The van der Waals surface area contributed by atoms with Gasteiger partial charge >= 0.3 is 0 Å². The molecule has 2 unspecified atom stereocenters. The maximum atomic E-state index is 13.3. The van der Waals surface area contributed by atoms with E-state index in [0.29, 0.717) is 17.9 Å². The predicted octanol–water partition coefficient (Wildman–Crippen LogP) is 4.05. The molecule has 3 rings (SSSR count). The maximum absolute atomic E-state index is 13.3. The van der Waals surface area contributed by atoms with Gasteiger partial charge in [-0.25, -0.2) is 8.42 Å². The molecule has 0 fully saturated rings. The number of amides is 1. The van der Waals surface area contributed by atoms with Crippen molar-refractivity contribution in [1.82, 2.24) is 5.32 Å². The Labute approximate surface area is 190 Å². The number of carbonyl (C=O) groups is 1. The van der Waals surface area contributed by atoms with E-state index in [9.17, 15) is 13.2 Å². The quantitative estimate of drug-likeness (QED) is 0.642. The van der Waals surface area contributed by atoms with Crippen molar-refractivity contribution in [3.8, 4) is 11.5 Å². The van der Waals surface area contributed by atoms with Gasteiger partial charge in [-0.05, 0) is 38.0 Å². The molecular formula is C24H32N2O5S. The lowest BCUT2D eigenvalue weighted by Crippen LogP contribution is -2.51. The zero-order valence-electron chi connectivity index (χ0n) is 19.3. The molecule has 2 aromatic rings. The lowest BCUT2D eigenvalue weighted by Gasteiger charge is -2.42. The molecular weight excluding hydrogens is 428 g/mol. The van der Waals surface area contributed by atoms with Crippen LogP contribution in [0.25, 0.3) is 0 Å². The molecule has 0 bridgehead atoms. The zero-order valence-corrected chi connectivity index (χ0v) is 20.1. The number of sulfonamides is 1. The Morgan fingerprint density at radius 2 is 1.91 bits per heavy atom. The molecule has 32 heavy (non-hydrogen) atoms. The van der Waals surface area contributed by atoms with Crippen LogP contribution < -0.4 is 19.1 Å². The van der Waals surface area contributed by atoms with Crippen molar-refractivity contribution in [1.29, 1.82) is 0 Å². The van der Waals surface area contributed by atoms with Crippen LogP contribution in [0.1, 0.15) is 51.6 Å². The number of nitrogens with zero attached hydrogens (tertiary/aromatic N) is 1. The number of para-hydroxylation sites is 1. The molecule has 1 N–H and O–H groups in total. The van der Waals surface area contributed by atoms with Crippen LogP contribution in [0.4, 0.5) is 5.69 Å². The monoisotopic (exact) mass is 460 g/mol. The van der Waals surface area contributed by atoms with E-state index >= 15 is 0 Å². The first kappa shape index (κ1) is 23.9. The summed E-state index contributed by atoms with van der Waals surface area (Å²) in [7, 11) is -2.22. The number of ether oxygens (including phenoxy) is 2. The Bertz CT molecular complexity index is 1070. The van der Waals surface area contributed by atoms with Crippen molar-refractivity contribution < 1.29 is 22.7 Å². The molecule has 0 saturated carbocycles. The van der Waals surface area contributed by atoms with Gasteiger partial charge in [0.2, 0.25) is 15.9 Å². The first-order valence-corrected chi connectivity index (χ1v) is 12.7. The van der Waals surface area contributed by atoms with Gasteiger partial charge in [0.15, 0.2) is 0 Å². The molecule has 1 aliphatic rings. The third kappa shape index (κ3) is 4.85. The number of nitrogens with one attached hydrogen (secondary N) is 1. The molecule has 174 valence electrons. The number of benzene rings is 2. The molecule has 1 amide bonds. The average molecular weight is 461 g/mol. The topological polar surface area (TPSA) is 84.9 Å². The Morgan fingerprint density at radius 1 is 1.22 bits per heavy atom. The molecule has 8 heteroatoms. The van der Waals surface area contributed by atoms with Gasteiger partial charge in [-0.2, -0.15) is 0 Å². The first-order valence-electron chi connectivity index (χ1n) is 10.9. The minimum Gasteiger partial charge on any atom is -0.497 e. The van der Waals surface area contributed by atoms with Crippen molar-refractivity contribution in [2.75, 3.05) is 17.7 Å². The van der Waals surface area contributed by atoms with Crippen molar-refractivity contribution in [2.45, 2.75) is 57.7 Å². The maximum Gasteiger partial charge on any atom is 0.244 e. The largest absolute Gasteiger partial charge is 0.497 e. The van der Waals surface area contributed by atoms with Crippen molar-refractivity contribution in [2.24, 2.45) is 0 Å². The van der Waals surface area contributed by atoms with Crippen LogP contribution in [0.2, 0.25) is 0 Å². The Morgan fingerprint density at radius 3 is 2.53 bits per heavy atom. The van der Waals surface area contributed by atoms with Crippen molar-refractivity contribution in [3.63, 3.8) is 0 Å². The summed E-state index contributed by atoms with van der Waals surface area (Å²) in [5, 5.41) is 3.09. The van der Waals surface area contributed by atoms with Gasteiger partial charge in [-0.1, -0.05) is 38.1 Å². The van der Waals surface area contributed by atoms with Crippen LogP contribution in [-0.4, -0.2) is 39.3 Å². The third-order valence-corrected chi connectivity index (χ3v) is 7.44. The summed E-state index contributed by atoms with van der Waals surface area (Å²) in [4.78, 5) is 13.3. The summed E-state index contributed by atoms with van der Waals surface area (Å²) >= 11 is 0. The van der Waals surface area contributed by atoms with Gasteiger partial charge in [-0.15, -0.1) is 0 Å². The molecule has 0 aromatic heterocycles. The Hall–Kier alpha value is -2.74. The second kappa shape index (κ2) is 9.40. The summed E-state index contributed by atoms with van der Waals surface area (Å²) < 4.78 is 38.0. The highest BCUT2D eigenvalue weighted by atomic mass is 32.2. The summed E-state index contributed by atoms with van der Waals surface area (Å²) in [6.07, 6.45) is 3.32. The van der Waals surface area contributed by atoms with Crippen LogP contribution >= 0.6 is 0 Å². The number of hydrogen-bond donors (Lipinski definition) is 1. The Kier molecular flexibility index (Phi) is 7.03. The van der Waals surface area contributed by atoms with Crippen LogP contribution in [0.15, 0.2) is 48.5 Å². The fourth-order valence-corrected chi connectivity index (χ4v) is 5.45. The van der Waals surface area contributed by atoms with E-state index < -0.39 is 16.1 Å². The minimum atomic E-state index is -3.73. The fraction of sp³-hybridized carbons (Fsp3) is 0.458. The normalized spacial score (nSPS) is 18.1. The summed E-state index contributed by atoms with van der Waals surface area (Å²) in [5.41, 5.74) is 0.898. The second-order valence-electron chi connectivity index (χ2n) is 8.23. The molecule has 7 nitrogen and oxygen atoms in total. The smallest absolute Gasteiger partial charge is 0.244 e. The van der Waals surface area contributed by atoms with E-state index in [2.05, 4.69) is 19.2 Å². The van der Waals surface area contributed by atoms with E-state index in [0.717, 1.165) is 34.7 Å². The van der Waals surface area contributed by atoms with Gasteiger partial charge in [0, 0.05) is 18.1 Å². The number of carbonyl (C=O) groups excluding carboxylic acids is 1. The lowest BCUT2D eigenvalue weighted by molar-refractivity contribution is -0.123. The SMILES string of the molecule is CCC1(CC)CC(NC(=O)C(C)N(c2cccc(OC)c2)S(C)(=O)=O)c2ccccc2O1. The summed E-state index contributed by atoms with van der Waals surface area (Å²) in [5.74, 6) is 0.895. The van der Waals surface area contributed by atoms with E-state index in [4.69, 9.17) is 9.47 Å². The summed E-state index contributed by atoms with van der Waals surface area (Å²) in [6.45, 7) is 5.74. The van der Waals surface area contributed by atoms with Gasteiger partial charge in [0.25, 0.3) is 0 Å². The lowest BCUT2D eigenvalue weighted by atomic mass is 9.83. The molecule has 0 aliphatic carbocycles. The van der Waals surface area contributed by atoms with E-state index in [-0.39, 0.29) is 17.6 Å². The number of rotatable bonds is 8.